The Morgan fingerprint density at radius 2 is 2.00 bits per heavy atom. The van der Waals surface area contributed by atoms with Gasteiger partial charge >= 0.3 is 0 Å². The topological polar surface area (TPSA) is 41.6 Å². The van der Waals surface area contributed by atoms with E-state index in [1.165, 1.54) is 0 Å². The zero-order chi connectivity index (χ0) is 15.2. The van der Waals surface area contributed by atoms with Crippen molar-refractivity contribution < 1.29 is 9.53 Å². The summed E-state index contributed by atoms with van der Waals surface area (Å²) in [7, 11) is 1.69. The van der Waals surface area contributed by atoms with Gasteiger partial charge in [0.1, 0.15) is 6.17 Å². The van der Waals surface area contributed by atoms with Crippen LogP contribution in [0.25, 0.3) is 0 Å². The molecule has 1 aliphatic rings. The summed E-state index contributed by atoms with van der Waals surface area (Å²) in [6, 6.07) is 10.1. The summed E-state index contributed by atoms with van der Waals surface area (Å²) in [5.41, 5.74) is 1.15. The minimum Gasteiger partial charge on any atom is -0.385 e. The highest BCUT2D eigenvalue weighted by Crippen LogP contribution is 2.27. The van der Waals surface area contributed by atoms with E-state index in [4.69, 9.17) is 4.74 Å². The monoisotopic (exact) mass is 290 g/mol. The largest absolute Gasteiger partial charge is 0.385 e. The molecule has 1 N–H and O–H groups in total. The predicted molar refractivity (Wildman–Crippen MR) is 83.8 cm³/mol. The molecule has 1 fully saturated rings. The van der Waals surface area contributed by atoms with Crippen molar-refractivity contribution in [2.45, 2.75) is 38.9 Å². The first-order valence-corrected chi connectivity index (χ1v) is 7.74. The number of nitrogens with one attached hydrogen (secondary N) is 1. The van der Waals surface area contributed by atoms with Crippen LogP contribution in [0.2, 0.25) is 0 Å². The molecule has 116 valence electrons. The van der Waals surface area contributed by atoms with Crippen molar-refractivity contribution in [3.8, 4) is 0 Å². The Hall–Kier alpha value is -1.39. The Labute approximate surface area is 127 Å². The van der Waals surface area contributed by atoms with Crippen LogP contribution in [0.3, 0.4) is 0 Å². The minimum absolute atomic E-state index is 0.0145. The molecule has 1 aromatic rings. The van der Waals surface area contributed by atoms with Gasteiger partial charge < -0.3 is 9.64 Å². The molecule has 0 aromatic heterocycles. The molecule has 2 unspecified atom stereocenters. The SMILES string of the molecule is COCCCN1C(=O)C(CC(C)C)NC1c1ccccc1. The molecule has 0 spiro atoms. The van der Waals surface area contributed by atoms with Crippen LogP contribution in [0.4, 0.5) is 0 Å². The Balaban J connectivity index is 2.13. The van der Waals surface area contributed by atoms with Gasteiger partial charge in [-0.15, -0.1) is 0 Å². The van der Waals surface area contributed by atoms with Crippen LogP contribution in [0.15, 0.2) is 30.3 Å². The first-order valence-electron chi connectivity index (χ1n) is 7.74. The van der Waals surface area contributed by atoms with Crippen molar-refractivity contribution in [3.63, 3.8) is 0 Å². The van der Waals surface area contributed by atoms with Crippen LogP contribution in [-0.4, -0.2) is 37.1 Å². The lowest BCUT2D eigenvalue weighted by molar-refractivity contribution is -0.130. The van der Waals surface area contributed by atoms with E-state index in [0.717, 1.165) is 24.9 Å². The fourth-order valence-electron chi connectivity index (χ4n) is 2.85. The molecule has 0 saturated carbocycles. The van der Waals surface area contributed by atoms with Crippen LogP contribution >= 0.6 is 0 Å². The van der Waals surface area contributed by atoms with Crippen molar-refractivity contribution in [1.82, 2.24) is 10.2 Å². The quantitative estimate of drug-likeness (QED) is 0.785. The number of nitrogens with zero attached hydrogens (tertiary/aromatic N) is 1. The van der Waals surface area contributed by atoms with Gasteiger partial charge in [0, 0.05) is 20.3 Å². The molecular weight excluding hydrogens is 264 g/mol. The molecule has 2 atom stereocenters. The average molecular weight is 290 g/mol. The molecule has 4 nitrogen and oxygen atoms in total. The Morgan fingerprint density at radius 3 is 2.62 bits per heavy atom. The number of hydrogen-bond acceptors (Lipinski definition) is 3. The maximum absolute atomic E-state index is 12.6. The first-order chi connectivity index (χ1) is 10.1. The second-order valence-electron chi connectivity index (χ2n) is 6.04. The second kappa shape index (κ2) is 7.57. The maximum Gasteiger partial charge on any atom is 0.241 e. The number of carbonyl (C=O) groups excluding carboxylic acids is 1. The smallest absolute Gasteiger partial charge is 0.241 e. The lowest BCUT2D eigenvalue weighted by Crippen LogP contribution is -2.33. The van der Waals surface area contributed by atoms with Crippen molar-refractivity contribution in [3.05, 3.63) is 35.9 Å². The van der Waals surface area contributed by atoms with Gasteiger partial charge in [-0.1, -0.05) is 44.2 Å². The molecule has 0 aliphatic carbocycles. The lowest BCUT2D eigenvalue weighted by atomic mass is 10.0. The lowest BCUT2D eigenvalue weighted by Gasteiger charge is -2.24. The summed E-state index contributed by atoms with van der Waals surface area (Å²) >= 11 is 0. The molecule has 0 bridgehead atoms. The number of rotatable bonds is 7. The molecule has 1 aromatic carbocycles. The van der Waals surface area contributed by atoms with Crippen LogP contribution in [0, 0.1) is 5.92 Å². The molecule has 4 heteroatoms. The number of benzene rings is 1. The number of ether oxygens (including phenoxy) is 1. The molecule has 2 rings (SSSR count). The Kier molecular flexibility index (Phi) is 5.76. The van der Waals surface area contributed by atoms with Gasteiger partial charge in [0.25, 0.3) is 0 Å². The van der Waals surface area contributed by atoms with Gasteiger partial charge in [0.05, 0.1) is 6.04 Å². The molecule has 1 saturated heterocycles. The van der Waals surface area contributed by atoms with Gasteiger partial charge in [0.2, 0.25) is 5.91 Å². The molecular formula is C17H26N2O2. The van der Waals surface area contributed by atoms with E-state index in [9.17, 15) is 4.79 Å². The number of carbonyl (C=O) groups is 1. The first kappa shape index (κ1) is 16.0. The van der Waals surface area contributed by atoms with Gasteiger partial charge in [-0.25, -0.2) is 0 Å². The van der Waals surface area contributed by atoms with E-state index in [2.05, 4.69) is 31.3 Å². The standard InChI is InChI=1S/C17H26N2O2/c1-13(2)12-15-17(20)19(10-7-11-21-3)16(18-15)14-8-5-4-6-9-14/h4-6,8-9,13,15-16,18H,7,10-12H2,1-3H3. The van der Waals surface area contributed by atoms with E-state index >= 15 is 0 Å². The molecule has 0 radical (unpaired) electrons. The summed E-state index contributed by atoms with van der Waals surface area (Å²) in [5.74, 6) is 0.718. The second-order valence-corrected chi connectivity index (χ2v) is 6.04. The van der Waals surface area contributed by atoms with E-state index in [-0.39, 0.29) is 18.1 Å². The average Bonchev–Trinajstić information content (AvgIpc) is 2.77. The van der Waals surface area contributed by atoms with Crippen LogP contribution < -0.4 is 5.32 Å². The van der Waals surface area contributed by atoms with Crippen molar-refractivity contribution >= 4 is 5.91 Å². The highest BCUT2D eigenvalue weighted by molar-refractivity contribution is 5.84. The highest BCUT2D eigenvalue weighted by Gasteiger charge is 2.39. The molecule has 1 heterocycles. The normalized spacial score (nSPS) is 22.3. The fourth-order valence-corrected chi connectivity index (χ4v) is 2.85. The third-order valence-electron chi connectivity index (χ3n) is 3.82. The van der Waals surface area contributed by atoms with Gasteiger partial charge in [0.15, 0.2) is 0 Å². The molecule has 21 heavy (non-hydrogen) atoms. The van der Waals surface area contributed by atoms with E-state index in [1.54, 1.807) is 7.11 Å². The van der Waals surface area contributed by atoms with Crippen molar-refractivity contribution in [2.24, 2.45) is 5.92 Å². The highest BCUT2D eigenvalue weighted by atomic mass is 16.5. The molecule has 1 aliphatic heterocycles. The minimum atomic E-state index is -0.0715. The summed E-state index contributed by atoms with van der Waals surface area (Å²) in [4.78, 5) is 14.6. The van der Waals surface area contributed by atoms with Gasteiger partial charge in [-0.3, -0.25) is 10.1 Å². The zero-order valence-corrected chi connectivity index (χ0v) is 13.2. The van der Waals surface area contributed by atoms with Gasteiger partial charge in [-0.2, -0.15) is 0 Å². The maximum atomic E-state index is 12.6. The summed E-state index contributed by atoms with van der Waals surface area (Å²) in [6.07, 6.45) is 1.73. The fraction of sp³-hybridized carbons (Fsp3) is 0.588. The third-order valence-corrected chi connectivity index (χ3v) is 3.82. The van der Waals surface area contributed by atoms with Crippen LogP contribution in [0.1, 0.15) is 38.4 Å². The third kappa shape index (κ3) is 4.05. The number of methoxy groups -OCH3 is 1. The van der Waals surface area contributed by atoms with Crippen LogP contribution in [0.5, 0.6) is 0 Å². The van der Waals surface area contributed by atoms with E-state index in [0.29, 0.717) is 12.5 Å². The summed E-state index contributed by atoms with van der Waals surface area (Å²) in [5, 5.41) is 3.50. The van der Waals surface area contributed by atoms with Crippen LogP contribution in [-0.2, 0) is 9.53 Å². The van der Waals surface area contributed by atoms with Crippen molar-refractivity contribution in [2.75, 3.05) is 20.3 Å². The van der Waals surface area contributed by atoms with Crippen molar-refractivity contribution in [1.29, 1.82) is 0 Å². The zero-order valence-electron chi connectivity index (χ0n) is 13.2. The Morgan fingerprint density at radius 1 is 1.29 bits per heavy atom. The summed E-state index contributed by atoms with van der Waals surface area (Å²) in [6.45, 7) is 5.72. The van der Waals surface area contributed by atoms with Gasteiger partial charge in [-0.05, 0) is 24.3 Å². The number of hydrogen-bond donors (Lipinski definition) is 1. The predicted octanol–water partition coefficient (Wildman–Crippen LogP) is 2.57. The number of amides is 1. The Bertz CT molecular complexity index is 447. The molecule has 1 amide bonds. The summed E-state index contributed by atoms with van der Waals surface area (Å²) < 4.78 is 5.11. The van der Waals surface area contributed by atoms with E-state index < -0.39 is 0 Å². The van der Waals surface area contributed by atoms with E-state index in [1.807, 2.05) is 23.1 Å².